The van der Waals surface area contributed by atoms with Crippen molar-refractivity contribution in [2.75, 3.05) is 12.4 Å². The van der Waals surface area contributed by atoms with Gasteiger partial charge in [0.2, 0.25) is 5.91 Å². The van der Waals surface area contributed by atoms with E-state index in [4.69, 9.17) is 11.6 Å². The predicted octanol–water partition coefficient (Wildman–Crippen LogP) is 1.91. The Morgan fingerprint density at radius 1 is 1.58 bits per heavy atom. The topological polar surface area (TPSA) is 59.8 Å². The fraction of sp³-hybridized carbons (Fsp3) is 0.462. The summed E-state index contributed by atoms with van der Waals surface area (Å²) in [5.41, 5.74) is 1.70. The van der Waals surface area contributed by atoms with Crippen LogP contribution in [0.4, 0.5) is 0 Å². The van der Waals surface area contributed by atoms with E-state index in [0.29, 0.717) is 18.8 Å². The molecule has 1 unspecified atom stereocenters. The molecule has 0 fully saturated rings. The Hall–Kier alpha value is -1.62. The number of fused-ring (bicyclic) bond motifs is 1. The maximum atomic E-state index is 12.0. The number of alkyl halides is 1. The molecule has 0 aliphatic heterocycles. The van der Waals surface area contributed by atoms with Gasteiger partial charge < -0.3 is 9.88 Å². The Kier molecular flexibility index (Phi) is 4.37. The molecule has 0 spiro atoms. The van der Waals surface area contributed by atoms with Gasteiger partial charge in [-0.2, -0.15) is 0 Å². The summed E-state index contributed by atoms with van der Waals surface area (Å²) in [6.45, 7) is 4.38. The zero-order valence-electron chi connectivity index (χ0n) is 11.1. The van der Waals surface area contributed by atoms with E-state index in [9.17, 15) is 4.79 Å². The van der Waals surface area contributed by atoms with Crippen molar-refractivity contribution in [3.8, 4) is 0 Å². The van der Waals surface area contributed by atoms with E-state index in [-0.39, 0.29) is 11.9 Å². The zero-order valence-corrected chi connectivity index (χ0v) is 11.8. The number of amides is 1. The van der Waals surface area contributed by atoms with Crippen molar-refractivity contribution >= 4 is 28.5 Å². The van der Waals surface area contributed by atoms with E-state index < -0.39 is 0 Å². The summed E-state index contributed by atoms with van der Waals surface area (Å²) in [6, 6.07) is 1.56. The number of carbonyl (C=O) groups excluding carboxylic acids is 1. The summed E-state index contributed by atoms with van der Waals surface area (Å²) in [5, 5.41) is 2.83. The molecule has 102 valence electrons. The Bertz CT molecular complexity index is 581. The van der Waals surface area contributed by atoms with Crippen LogP contribution in [0.3, 0.4) is 0 Å². The first-order chi connectivity index (χ1) is 9.19. The largest absolute Gasteiger partial charge is 0.355 e. The molecular weight excluding hydrogens is 264 g/mol. The molecule has 0 aromatic carbocycles. The summed E-state index contributed by atoms with van der Waals surface area (Å²) in [5.74, 6) is 1.27. The van der Waals surface area contributed by atoms with Gasteiger partial charge in [0.15, 0.2) is 0 Å². The van der Waals surface area contributed by atoms with Crippen molar-refractivity contribution in [2.24, 2.45) is 0 Å². The summed E-state index contributed by atoms with van der Waals surface area (Å²) >= 11 is 5.81. The monoisotopic (exact) mass is 280 g/mol. The van der Waals surface area contributed by atoms with Gasteiger partial charge in [0, 0.05) is 25.0 Å². The van der Waals surface area contributed by atoms with Crippen LogP contribution in [0.5, 0.6) is 0 Å². The van der Waals surface area contributed by atoms with Crippen LogP contribution in [0.2, 0.25) is 0 Å². The molecule has 0 saturated carbocycles. The third kappa shape index (κ3) is 2.71. The Morgan fingerprint density at radius 2 is 2.37 bits per heavy atom. The summed E-state index contributed by atoms with van der Waals surface area (Å²) < 4.78 is 1.93. The van der Waals surface area contributed by atoms with Crippen LogP contribution in [0.1, 0.15) is 25.7 Å². The molecule has 19 heavy (non-hydrogen) atoms. The number of rotatable bonds is 5. The molecule has 0 aliphatic carbocycles. The van der Waals surface area contributed by atoms with E-state index in [1.54, 1.807) is 12.4 Å². The van der Waals surface area contributed by atoms with Crippen molar-refractivity contribution in [2.45, 2.75) is 26.3 Å². The number of aromatic nitrogens is 3. The maximum Gasteiger partial charge on any atom is 0.242 e. The van der Waals surface area contributed by atoms with Gasteiger partial charge in [-0.05, 0) is 19.9 Å². The lowest BCUT2D eigenvalue weighted by Gasteiger charge is -2.16. The minimum atomic E-state index is -0.314. The standard InChI is InChI=1S/C13H17ClN4O/c1-3-16-13(19)9(2)18-11-5-7-15-8-10(11)17-12(18)4-6-14/h5,7-9H,3-4,6H2,1-2H3,(H,16,19). The molecule has 0 radical (unpaired) electrons. The quantitative estimate of drug-likeness (QED) is 0.851. The number of nitrogens with one attached hydrogen (secondary N) is 1. The van der Waals surface area contributed by atoms with Crippen LogP contribution in [-0.4, -0.2) is 32.9 Å². The third-order valence-electron chi connectivity index (χ3n) is 3.00. The molecule has 2 aromatic heterocycles. The molecule has 6 heteroatoms. The van der Waals surface area contributed by atoms with Crippen LogP contribution in [-0.2, 0) is 11.2 Å². The summed E-state index contributed by atoms with van der Waals surface area (Å²) in [7, 11) is 0. The van der Waals surface area contributed by atoms with Crippen molar-refractivity contribution in [3.63, 3.8) is 0 Å². The van der Waals surface area contributed by atoms with Crippen molar-refractivity contribution < 1.29 is 4.79 Å². The van der Waals surface area contributed by atoms with Gasteiger partial charge in [-0.3, -0.25) is 9.78 Å². The number of hydrogen-bond donors (Lipinski definition) is 1. The first-order valence-corrected chi connectivity index (χ1v) is 6.87. The molecule has 0 saturated heterocycles. The van der Waals surface area contributed by atoms with Gasteiger partial charge >= 0.3 is 0 Å². The van der Waals surface area contributed by atoms with Crippen molar-refractivity contribution in [1.82, 2.24) is 19.9 Å². The van der Waals surface area contributed by atoms with E-state index in [1.165, 1.54) is 0 Å². The highest BCUT2D eigenvalue weighted by Crippen LogP contribution is 2.21. The van der Waals surface area contributed by atoms with Gasteiger partial charge in [-0.1, -0.05) is 0 Å². The molecule has 0 bridgehead atoms. The number of imidazole rings is 1. The second kappa shape index (κ2) is 6.02. The minimum absolute atomic E-state index is 0.0190. The Balaban J connectivity index is 2.49. The van der Waals surface area contributed by atoms with E-state index in [0.717, 1.165) is 16.9 Å². The number of pyridine rings is 1. The second-order valence-corrected chi connectivity index (χ2v) is 4.65. The first kappa shape index (κ1) is 13.8. The molecule has 2 rings (SSSR count). The molecular formula is C13H17ClN4O. The van der Waals surface area contributed by atoms with E-state index in [1.807, 2.05) is 24.5 Å². The molecule has 2 aromatic rings. The lowest BCUT2D eigenvalue weighted by molar-refractivity contribution is -0.123. The average Bonchev–Trinajstić information content (AvgIpc) is 2.76. The number of aryl methyl sites for hydroxylation is 1. The predicted molar refractivity (Wildman–Crippen MR) is 75.3 cm³/mol. The van der Waals surface area contributed by atoms with Crippen LogP contribution in [0, 0.1) is 0 Å². The van der Waals surface area contributed by atoms with Gasteiger partial charge in [0.05, 0.1) is 11.7 Å². The highest BCUT2D eigenvalue weighted by Gasteiger charge is 2.20. The van der Waals surface area contributed by atoms with Crippen LogP contribution in [0.15, 0.2) is 18.5 Å². The fourth-order valence-corrected chi connectivity index (χ4v) is 2.30. The lowest BCUT2D eigenvalue weighted by atomic mass is 10.2. The number of nitrogens with zero attached hydrogens (tertiary/aromatic N) is 3. The molecule has 2 heterocycles. The number of hydrogen-bond acceptors (Lipinski definition) is 3. The normalized spacial score (nSPS) is 12.6. The molecule has 1 amide bonds. The average molecular weight is 281 g/mol. The van der Waals surface area contributed by atoms with Gasteiger partial charge in [0.25, 0.3) is 0 Å². The number of likely N-dealkylation sites (N-methyl/N-ethyl adjacent to an activating group) is 1. The number of carbonyl (C=O) groups is 1. The molecule has 0 aliphatic rings. The van der Waals surface area contributed by atoms with Crippen molar-refractivity contribution in [3.05, 3.63) is 24.3 Å². The van der Waals surface area contributed by atoms with Crippen molar-refractivity contribution in [1.29, 1.82) is 0 Å². The Labute approximate surface area is 117 Å². The highest BCUT2D eigenvalue weighted by molar-refractivity contribution is 6.17. The van der Waals surface area contributed by atoms with E-state index >= 15 is 0 Å². The maximum absolute atomic E-state index is 12.0. The van der Waals surface area contributed by atoms with Gasteiger partial charge in [-0.15, -0.1) is 11.6 Å². The van der Waals surface area contributed by atoms with Crippen LogP contribution in [0.25, 0.3) is 11.0 Å². The van der Waals surface area contributed by atoms with E-state index in [2.05, 4.69) is 15.3 Å². The Morgan fingerprint density at radius 3 is 3.05 bits per heavy atom. The molecule has 1 N–H and O–H groups in total. The number of halogens is 1. The smallest absolute Gasteiger partial charge is 0.242 e. The lowest BCUT2D eigenvalue weighted by Crippen LogP contribution is -2.31. The van der Waals surface area contributed by atoms with Crippen LogP contribution < -0.4 is 5.32 Å². The molecule has 1 atom stereocenters. The summed E-state index contributed by atoms with van der Waals surface area (Å²) in [4.78, 5) is 20.6. The fourth-order valence-electron chi connectivity index (χ4n) is 2.13. The zero-order chi connectivity index (χ0) is 13.8. The minimum Gasteiger partial charge on any atom is -0.355 e. The second-order valence-electron chi connectivity index (χ2n) is 4.27. The summed E-state index contributed by atoms with van der Waals surface area (Å²) in [6.07, 6.45) is 4.03. The third-order valence-corrected chi connectivity index (χ3v) is 3.19. The van der Waals surface area contributed by atoms with Crippen LogP contribution >= 0.6 is 11.6 Å². The molecule has 5 nitrogen and oxygen atoms in total. The SMILES string of the molecule is CCNC(=O)C(C)n1c(CCCl)nc2cnccc21. The van der Waals surface area contributed by atoms with Gasteiger partial charge in [0.1, 0.15) is 17.4 Å². The highest BCUT2D eigenvalue weighted by atomic mass is 35.5. The van der Waals surface area contributed by atoms with Gasteiger partial charge in [-0.25, -0.2) is 4.98 Å². The first-order valence-electron chi connectivity index (χ1n) is 6.33.